The molecule has 2 heteroatoms. The lowest BCUT2D eigenvalue weighted by Gasteiger charge is -2.31. The molecule has 0 unspecified atom stereocenters. The van der Waals surface area contributed by atoms with Crippen LogP contribution in [0.5, 0.6) is 0 Å². The Hall–Kier alpha value is -2.87. The first-order valence-corrected chi connectivity index (χ1v) is 9.09. The third-order valence-electron chi connectivity index (χ3n) is 5.41. The van der Waals surface area contributed by atoms with Crippen molar-refractivity contribution in [2.24, 2.45) is 0 Å². The SMILES string of the molecule is CCN1c2ccccc2-c2c3c1cccc3c1ccccc1[n+]2CC. The minimum Gasteiger partial charge on any atom is -0.340 e. The van der Waals surface area contributed by atoms with Crippen molar-refractivity contribution in [3.05, 3.63) is 66.7 Å². The van der Waals surface area contributed by atoms with Crippen LogP contribution >= 0.6 is 0 Å². The molecule has 0 amide bonds. The van der Waals surface area contributed by atoms with Crippen molar-refractivity contribution in [1.29, 1.82) is 0 Å². The first kappa shape index (κ1) is 14.5. The third kappa shape index (κ3) is 1.82. The van der Waals surface area contributed by atoms with Crippen LogP contribution in [0.25, 0.3) is 32.9 Å². The van der Waals surface area contributed by atoms with Crippen molar-refractivity contribution in [2.45, 2.75) is 20.4 Å². The fourth-order valence-electron chi connectivity index (χ4n) is 4.42. The Labute approximate surface area is 147 Å². The minimum atomic E-state index is 0.959. The maximum atomic E-state index is 2.48. The number of para-hydroxylation sites is 2. The molecule has 4 aromatic rings. The molecule has 0 N–H and O–H groups in total. The number of hydrogen-bond acceptors (Lipinski definition) is 1. The summed E-state index contributed by atoms with van der Waals surface area (Å²) in [6.07, 6.45) is 0. The lowest BCUT2D eigenvalue weighted by molar-refractivity contribution is -0.655. The van der Waals surface area contributed by atoms with Crippen LogP contribution in [0, 0.1) is 0 Å². The van der Waals surface area contributed by atoms with Gasteiger partial charge in [-0.1, -0.05) is 36.4 Å². The highest BCUT2D eigenvalue weighted by Gasteiger charge is 2.32. The molecular weight excluding hydrogens is 304 g/mol. The Morgan fingerprint density at radius 3 is 2.32 bits per heavy atom. The quantitative estimate of drug-likeness (QED) is 0.352. The molecular formula is C23H21N2+. The summed E-state index contributed by atoms with van der Waals surface area (Å²) in [6, 6.07) is 24.3. The van der Waals surface area contributed by atoms with E-state index in [9.17, 15) is 0 Å². The standard InChI is InChI=1S/C23H21N2/c1-3-24-20-14-8-6-11-18(20)23-22-17(12-9-15-21(22)24)16-10-5-7-13-19(16)25(23)4-2/h5-15H,3-4H2,1-2H3/q+1. The average molecular weight is 325 g/mol. The maximum absolute atomic E-state index is 2.48. The molecule has 1 aliphatic rings. The summed E-state index contributed by atoms with van der Waals surface area (Å²) in [7, 11) is 0. The Bertz CT molecular complexity index is 1130. The number of pyridine rings is 1. The molecule has 122 valence electrons. The predicted molar refractivity (Wildman–Crippen MR) is 105 cm³/mol. The van der Waals surface area contributed by atoms with Gasteiger partial charge in [0.05, 0.1) is 27.7 Å². The topological polar surface area (TPSA) is 7.12 Å². The number of aromatic nitrogens is 1. The molecule has 1 aliphatic heterocycles. The second kappa shape index (κ2) is 5.32. The van der Waals surface area contributed by atoms with Gasteiger partial charge in [-0.2, -0.15) is 4.57 Å². The van der Waals surface area contributed by atoms with E-state index in [2.05, 4.69) is 90.0 Å². The largest absolute Gasteiger partial charge is 0.340 e. The van der Waals surface area contributed by atoms with Crippen LogP contribution in [0.3, 0.4) is 0 Å². The van der Waals surface area contributed by atoms with Crippen molar-refractivity contribution in [1.82, 2.24) is 0 Å². The monoisotopic (exact) mass is 325 g/mol. The lowest BCUT2D eigenvalue weighted by atomic mass is 9.92. The zero-order valence-corrected chi connectivity index (χ0v) is 14.7. The molecule has 0 spiro atoms. The summed E-state index contributed by atoms with van der Waals surface area (Å²) in [4.78, 5) is 2.44. The molecule has 0 radical (unpaired) electrons. The van der Waals surface area contributed by atoms with E-state index in [0.717, 1.165) is 13.1 Å². The zero-order chi connectivity index (χ0) is 17.0. The summed E-state index contributed by atoms with van der Waals surface area (Å²) >= 11 is 0. The van der Waals surface area contributed by atoms with Crippen LogP contribution in [0.15, 0.2) is 66.7 Å². The number of aryl methyl sites for hydroxylation is 1. The molecule has 0 saturated heterocycles. The molecule has 0 bridgehead atoms. The van der Waals surface area contributed by atoms with Crippen LogP contribution in [-0.4, -0.2) is 6.54 Å². The Morgan fingerprint density at radius 1 is 0.760 bits per heavy atom. The molecule has 1 aromatic heterocycles. The average Bonchev–Trinajstić information content (AvgIpc) is 2.68. The van der Waals surface area contributed by atoms with Gasteiger partial charge in [-0.25, -0.2) is 0 Å². The summed E-state index contributed by atoms with van der Waals surface area (Å²) in [5, 5.41) is 4.06. The van der Waals surface area contributed by atoms with Gasteiger partial charge in [0.1, 0.15) is 6.54 Å². The number of rotatable bonds is 2. The summed E-state index contributed by atoms with van der Waals surface area (Å²) in [6.45, 7) is 6.40. The van der Waals surface area contributed by atoms with E-state index in [1.54, 1.807) is 0 Å². The zero-order valence-electron chi connectivity index (χ0n) is 14.7. The second-order valence-corrected chi connectivity index (χ2v) is 6.57. The second-order valence-electron chi connectivity index (χ2n) is 6.57. The van der Waals surface area contributed by atoms with Gasteiger partial charge >= 0.3 is 0 Å². The van der Waals surface area contributed by atoms with Crippen molar-refractivity contribution < 1.29 is 4.57 Å². The number of hydrogen-bond donors (Lipinski definition) is 0. The van der Waals surface area contributed by atoms with E-state index >= 15 is 0 Å². The van der Waals surface area contributed by atoms with Crippen molar-refractivity contribution in [3.63, 3.8) is 0 Å². The van der Waals surface area contributed by atoms with Crippen LogP contribution in [0.1, 0.15) is 13.8 Å². The van der Waals surface area contributed by atoms with E-state index in [1.165, 1.54) is 44.3 Å². The lowest BCUT2D eigenvalue weighted by Crippen LogP contribution is -2.38. The fraction of sp³-hybridized carbons (Fsp3) is 0.174. The summed E-state index contributed by atoms with van der Waals surface area (Å²) < 4.78 is 2.48. The van der Waals surface area contributed by atoms with E-state index in [0.29, 0.717) is 0 Å². The smallest absolute Gasteiger partial charge is 0.225 e. The van der Waals surface area contributed by atoms with Gasteiger partial charge in [0.25, 0.3) is 0 Å². The first-order chi connectivity index (χ1) is 12.3. The van der Waals surface area contributed by atoms with E-state index < -0.39 is 0 Å². The van der Waals surface area contributed by atoms with Gasteiger partial charge in [0, 0.05) is 18.0 Å². The number of nitrogens with zero attached hydrogens (tertiary/aromatic N) is 2. The van der Waals surface area contributed by atoms with Crippen molar-refractivity contribution in [2.75, 3.05) is 11.4 Å². The molecule has 0 atom stereocenters. The molecule has 0 fully saturated rings. The van der Waals surface area contributed by atoms with Crippen LogP contribution < -0.4 is 9.47 Å². The predicted octanol–water partition coefficient (Wildman–Crippen LogP) is 5.44. The fourth-order valence-corrected chi connectivity index (χ4v) is 4.42. The van der Waals surface area contributed by atoms with Crippen molar-refractivity contribution in [3.8, 4) is 11.3 Å². The van der Waals surface area contributed by atoms with Gasteiger partial charge in [-0.3, -0.25) is 0 Å². The Balaban J connectivity index is 2.10. The number of anilines is 2. The normalized spacial score (nSPS) is 12.6. The molecule has 5 rings (SSSR count). The van der Waals surface area contributed by atoms with Gasteiger partial charge in [0.15, 0.2) is 0 Å². The molecule has 25 heavy (non-hydrogen) atoms. The molecule has 2 nitrogen and oxygen atoms in total. The maximum Gasteiger partial charge on any atom is 0.225 e. The van der Waals surface area contributed by atoms with Gasteiger partial charge < -0.3 is 4.90 Å². The first-order valence-electron chi connectivity index (χ1n) is 9.09. The van der Waals surface area contributed by atoms with Crippen molar-refractivity contribution >= 4 is 33.1 Å². The Kier molecular flexibility index (Phi) is 3.08. The summed E-state index contributed by atoms with van der Waals surface area (Å²) in [5.41, 5.74) is 6.63. The molecule has 2 heterocycles. The Morgan fingerprint density at radius 2 is 1.48 bits per heavy atom. The van der Waals surface area contributed by atoms with Gasteiger partial charge in [-0.05, 0) is 38.1 Å². The summed E-state index contributed by atoms with van der Waals surface area (Å²) in [5.74, 6) is 0. The van der Waals surface area contributed by atoms with Crippen LogP contribution in [0.4, 0.5) is 11.4 Å². The van der Waals surface area contributed by atoms with Crippen LogP contribution in [0.2, 0.25) is 0 Å². The molecule has 3 aromatic carbocycles. The number of fused-ring (bicyclic) bond motifs is 4. The van der Waals surface area contributed by atoms with Gasteiger partial charge in [-0.15, -0.1) is 0 Å². The third-order valence-corrected chi connectivity index (χ3v) is 5.41. The van der Waals surface area contributed by atoms with Crippen LogP contribution in [-0.2, 0) is 6.54 Å². The molecule has 0 saturated carbocycles. The highest BCUT2D eigenvalue weighted by molar-refractivity contribution is 6.17. The molecule has 0 aliphatic carbocycles. The van der Waals surface area contributed by atoms with E-state index in [4.69, 9.17) is 0 Å². The minimum absolute atomic E-state index is 0.959. The number of benzene rings is 3. The highest BCUT2D eigenvalue weighted by Crippen LogP contribution is 2.47. The highest BCUT2D eigenvalue weighted by atomic mass is 15.1. The van der Waals surface area contributed by atoms with E-state index in [-0.39, 0.29) is 0 Å². The van der Waals surface area contributed by atoms with E-state index in [1.807, 2.05) is 0 Å². The van der Waals surface area contributed by atoms with Gasteiger partial charge in [0.2, 0.25) is 11.2 Å².